The van der Waals surface area contributed by atoms with Gasteiger partial charge in [0.05, 0.1) is 51.0 Å². The molecule has 1 saturated heterocycles. The Morgan fingerprint density at radius 1 is 1.07 bits per heavy atom. The summed E-state index contributed by atoms with van der Waals surface area (Å²) in [5, 5.41) is 24.4. The third-order valence-corrected chi connectivity index (χ3v) is 7.49. The number of piperazine rings is 1. The number of aliphatic imine (C=N–C) groups is 1. The molecule has 42 heavy (non-hydrogen) atoms. The lowest BCUT2D eigenvalue weighted by Crippen LogP contribution is -2.64. The fraction of sp³-hybridized carbons (Fsp3) is 0.310. The number of benzene rings is 3. The van der Waals surface area contributed by atoms with Gasteiger partial charge in [-0.1, -0.05) is 18.2 Å². The molecule has 1 N–H and O–H groups in total. The predicted octanol–water partition coefficient (Wildman–Crippen LogP) is 5.72. The summed E-state index contributed by atoms with van der Waals surface area (Å²) in [5.41, 5.74) is -0.512. The van der Waals surface area contributed by atoms with Crippen LogP contribution in [0.5, 0.6) is 11.5 Å². The Morgan fingerprint density at radius 3 is 2.43 bits per heavy atom. The molecule has 2 aliphatic heterocycles. The zero-order valence-electron chi connectivity index (χ0n) is 22.8. The number of anilines is 2. The first-order valence-corrected chi connectivity index (χ1v) is 13.1. The van der Waals surface area contributed by atoms with Crippen molar-refractivity contribution in [3.63, 3.8) is 0 Å². The average molecular weight is 589 g/mol. The lowest BCUT2D eigenvalue weighted by atomic mass is 9.96. The molecule has 0 aromatic heterocycles. The van der Waals surface area contributed by atoms with Crippen LogP contribution >= 0.6 is 0 Å². The van der Waals surface area contributed by atoms with Gasteiger partial charge in [0.25, 0.3) is 0 Å². The molecule has 3 aromatic carbocycles. The number of methoxy groups -OCH3 is 2. The molecule has 0 radical (unpaired) electrons. The highest BCUT2D eigenvalue weighted by molar-refractivity contribution is 5.98. The Labute approximate surface area is 239 Å². The molecule has 2 heterocycles. The normalized spacial score (nSPS) is 18.3. The fourth-order valence-electron chi connectivity index (χ4n) is 5.39. The Kier molecular flexibility index (Phi) is 7.73. The lowest BCUT2D eigenvalue weighted by Gasteiger charge is -2.52. The third-order valence-electron chi connectivity index (χ3n) is 7.49. The first-order valence-electron chi connectivity index (χ1n) is 13.1. The largest absolute Gasteiger partial charge is 0.625 e. The van der Waals surface area contributed by atoms with E-state index in [-0.39, 0.29) is 54.8 Å². The monoisotopic (exact) mass is 588 g/mol. The molecule has 0 saturated carbocycles. The second-order valence-electron chi connectivity index (χ2n) is 9.98. The van der Waals surface area contributed by atoms with Crippen LogP contribution in [0.25, 0.3) is 0 Å². The number of aliphatic carboxylic acids is 1. The van der Waals surface area contributed by atoms with Crippen molar-refractivity contribution in [3.05, 3.63) is 82.8 Å². The molecule has 9 nitrogen and oxygen atoms in total. The van der Waals surface area contributed by atoms with E-state index in [2.05, 4.69) is 4.99 Å². The van der Waals surface area contributed by atoms with E-state index in [1.54, 1.807) is 6.07 Å². The number of hydroxylamine groups is 3. The van der Waals surface area contributed by atoms with E-state index in [0.29, 0.717) is 5.75 Å². The minimum atomic E-state index is -4.74. The number of hydrogen-bond acceptors (Lipinski definition) is 7. The summed E-state index contributed by atoms with van der Waals surface area (Å²) in [5.74, 6) is -1.80. The van der Waals surface area contributed by atoms with Gasteiger partial charge < -0.3 is 24.7 Å². The summed E-state index contributed by atoms with van der Waals surface area (Å²) in [6.07, 6.45) is -5.39. The van der Waals surface area contributed by atoms with Gasteiger partial charge in [0.1, 0.15) is 36.1 Å². The smallest absolute Gasteiger partial charge is 0.416 e. The van der Waals surface area contributed by atoms with Crippen molar-refractivity contribution in [2.24, 2.45) is 4.99 Å². The zero-order chi connectivity index (χ0) is 30.2. The summed E-state index contributed by atoms with van der Waals surface area (Å²) in [6, 6.07) is 12.7. The first-order chi connectivity index (χ1) is 19.9. The van der Waals surface area contributed by atoms with Crippen molar-refractivity contribution in [2.45, 2.75) is 18.6 Å². The van der Waals surface area contributed by atoms with Gasteiger partial charge in [0.15, 0.2) is 0 Å². The van der Waals surface area contributed by atoms with Crippen LogP contribution in [0.15, 0.2) is 65.7 Å². The van der Waals surface area contributed by atoms with Crippen molar-refractivity contribution in [1.82, 2.24) is 0 Å². The molecular formula is C29H28F4N4O5. The Hall–Kier alpha value is -4.36. The molecule has 0 spiro atoms. The molecule has 222 valence electrons. The molecule has 0 bridgehead atoms. The number of fused-ring (bicyclic) bond motifs is 1. The van der Waals surface area contributed by atoms with Crippen LogP contribution in [0.3, 0.4) is 0 Å². The quantitative estimate of drug-likeness (QED) is 0.224. The van der Waals surface area contributed by atoms with Crippen LogP contribution in [-0.4, -0.2) is 62.1 Å². The molecular weight excluding hydrogens is 560 g/mol. The number of hydrogen-bond donors (Lipinski definition) is 1. The van der Waals surface area contributed by atoms with Gasteiger partial charge in [-0.15, -0.1) is 0 Å². The summed E-state index contributed by atoms with van der Waals surface area (Å²) in [6.45, 7) is 0.267. The first kappa shape index (κ1) is 29.1. The van der Waals surface area contributed by atoms with Gasteiger partial charge in [-0.2, -0.15) is 18.2 Å². The van der Waals surface area contributed by atoms with Crippen LogP contribution in [0.2, 0.25) is 0 Å². The van der Waals surface area contributed by atoms with Gasteiger partial charge in [-0.3, -0.25) is 14.3 Å². The van der Waals surface area contributed by atoms with Crippen LogP contribution in [0.1, 0.15) is 23.6 Å². The number of para-hydroxylation sites is 1. The second kappa shape index (κ2) is 11.1. The number of carboxylic acid groups (broad SMARTS) is 1. The van der Waals surface area contributed by atoms with Crippen molar-refractivity contribution in [2.75, 3.05) is 50.2 Å². The Morgan fingerprint density at radius 2 is 1.79 bits per heavy atom. The number of halogens is 4. The van der Waals surface area contributed by atoms with Crippen LogP contribution < -0.4 is 19.3 Å². The maximum Gasteiger partial charge on any atom is 0.416 e. The highest BCUT2D eigenvalue weighted by atomic mass is 19.4. The van der Waals surface area contributed by atoms with E-state index in [1.807, 2.05) is 23.1 Å². The number of alkyl halides is 3. The standard InChI is InChI=1S/C29H28F4N4O5/c1-41-20-6-3-5-19(16-20)35-11-13-37(40,14-12-35)28-34-27-21(7-4-8-22(27)30)23(17-26(38)39)36(28)24-15-18(29(31,32)33)9-10-25(24)42-2/h3-10,15-16,23H,11-14,17H2,1-2H3,(H,38,39)/t23-/m0/s1. The van der Waals surface area contributed by atoms with Gasteiger partial charge in [-0.25, -0.2) is 4.39 Å². The molecule has 0 unspecified atom stereocenters. The van der Waals surface area contributed by atoms with E-state index in [9.17, 15) is 28.3 Å². The van der Waals surface area contributed by atoms with Crippen LogP contribution in [0, 0.1) is 11.0 Å². The fourth-order valence-corrected chi connectivity index (χ4v) is 5.39. The summed E-state index contributed by atoms with van der Waals surface area (Å²) >= 11 is 0. The number of quaternary nitrogens is 1. The minimum Gasteiger partial charge on any atom is -0.625 e. The third kappa shape index (κ3) is 5.44. The summed E-state index contributed by atoms with van der Waals surface area (Å²) in [4.78, 5) is 19.6. The predicted molar refractivity (Wildman–Crippen MR) is 148 cm³/mol. The maximum atomic E-state index is 15.1. The Balaban J connectivity index is 1.65. The van der Waals surface area contributed by atoms with Gasteiger partial charge in [-0.05, 0) is 36.4 Å². The van der Waals surface area contributed by atoms with Crippen LogP contribution in [0.4, 0.5) is 34.6 Å². The van der Waals surface area contributed by atoms with Crippen molar-refractivity contribution < 1.29 is 41.6 Å². The minimum absolute atomic E-state index is 0.0347. The average Bonchev–Trinajstić information content (AvgIpc) is 2.96. The van der Waals surface area contributed by atoms with Crippen LogP contribution in [-0.2, 0) is 11.0 Å². The molecule has 5 rings (SSSR count). The zero-order valence-corrected chi connectivity index (χ0v) is 22.8. The molecule has 1 fully saturated rings. The van der Waals surface area contributed by atoms with Gasteiger partial charge >= 0.3 is 18.1 Å². The number of ether oxygens (including phenoxy) is 2. The highest BCUT2D eigenvalue weighted by Crippen LogP contribution is 2.47. The topological polar surface area (TPSA) is 97.7 Å². The van der Waals surface area contributed by atoms with Gasteiger partial charge in [0.2, 0.25) is 0 Å². The SMILES string of the molecule is COc1cccc(N2CC[N+]([O-])(C3=Nc4c(F)cccc4[C@H](CC(=O)O)N3c3cc(C(F)(F)F)ccc3OC)CC2)c1. The summed E-state index contributed by atoms with van der Waals surface area (Å²) in [7, 11) is 2.79. The van der Waals surface area contributed by atoms with E-state index in [1.165, 1.54) is 31.3 Å². The molecule has 1 atom stereocenters. The Bertz CT molecular complexity index is 1520. The van der Waals surface area contributed by atoms with E-state index in [4.69, 9.17) is 9.47 Å². The van der Waals surface area contributed by atoms with Crippen molar-refractivity contribution in [1.29, 1.82) is 0 Å². The highest BCUT2D eigenvalue weighted by Gasteiger charge is 2.45. The maximum absolute atomic E-state index is 15.1. The molecule has 0 amide bonds. The molecule has 2 aliphatic rings. The van der Waals surface area contributed by atoms with Gasteiger partial charge in [0, 0.05) is 17.3 Å². The molecule has 13 heteroatoms. The summed E-state index contributed by atoms with van der Waals surface area (Å²) < 4.78 is 66.2. The van der Waals surface area contributed by atoms with Crippen molar-refractivity contribution in [3.8, 4) is 11.5 Å². The lowest BCUT2D eigenvalue weighted by molar-refractivity contribution is -0.792. The second-order valence-corrected chi connectivity index (χ2v) is 9.98. The number of carboxylic acids is 1. The van der Waals surface area contributed by atoms with E-state index < -0.39 is 40.6 Å². The molecule has 0 aliphatic carbocycles. The number of carbonyl (C=O) groups is 1. The number of nitrogens with zero attached hydrogens (tertiary/aromatic N) is 4. The number of rotatable bonds is 6. The molecule has 3 aromatic rings. The number of guanidine groups is 1. The van der Waals surface area contributed by atoms with E-state index in [0.717, 1.165) is 30.0 Å². The van der Waals surface area contributed by atoms with E-state index >= 15 is 4.39 Å². The van der Waals surface area contributed by atoms with Crippen molar-refractivity contribution >= 4 is 29.0 Å².